The molecular formula is C9H16O2. The molecule has 0 saturated carbocycles. The van der Waals surface area contributed by atoms with Gasteiger partial charge in [0.25, 0.3) is 6.47 Å². The molecule has 0 saturated heterocycles. The van der Waals surface area contributed by atoms with E-state index in [9.17, 15) is 4.79 Å². The van der Waals surface area contributed by atoms with Crippen LogP contribution in [0.25, 0.3) is 0 Å². The molecule has 0 amide bonds. The lowest BCUT2D eigenvalue weighted by atomic mass is 10.1. The maximum Gasteiger partial charge on any atom is 0.293 e. The standard InChI is InChI=1S/C9H16O2/c1-2-3-4-5-6-7-8-11-9-10/h8-9H,1-7H2. The van der Waals surface area contributed by atoms with Gasteiger partial charge in [-0.2, -0.15) is 0 Å². The van der Waals surface area contributed by atoms with Crippen molar-refractivity contribution in [2.75, 3.05) is 0 Å². The molecule has 0 N–H and O–H groups in total. The lowest BCUT2D eigenvalue weighted by Crippen LogP contribution is -1.84. The van der Waals surface area contributed by atoms with Gasteiger partial charge < -0.3 is 4.74 Å². The zero-order valence-electron chi connectivity index (χ0n) is 6.92. The van der Waals surface area contributed by atoms with Crippen LogP contribution in [0.4, 0.5) is 0 Å². The smallest absolute Gasteiger partial charge is 0.293 e. The average molecular weight is 156 g/mol. The molecule has 0 aromatic carbocycles. The number of ether oxygens (including phenoxy) is 1. The molecule has 0 unspecified atom stereocenters. The van der Waals surface area contributed by atoms with Crippen LogP contribution in [0.3, 0.4) is 0 Å². The first kappa shape index (κ1) is 10.5. The van der Waals surface area contributed by atoms with Gasteiger partial charge in [-0.1, -0.05) is 32.6 Å². The molecule has 0 heterocycles. The Hall–Kier alpha value is -0.530. The minimum absolute atomic E-state index is 0.454. The highest BCUT2D eigenvalue weighted by Crippen LogP contribution is 2.05. The number of hydrogen-bond acceptors (Lipinski definition) is 2. The van der Waals surface area contributed by atoms with Gasteiger partial charge in [-0.05, 0) is 12.8 Å². The molecule has 0 fully saturated rings. The fourth-order valence-corrected chi connectivity index (χ4v) is 0.865. The van der Waals surface area contributed by atoms with Gasteiger partial charge in [0.15, 0.2) is 0 Å². The molecule has 2 heteroatoms. The maximum atomic E-state index is 9.68. The van der Waals surface area contributed by atoms with Gasteiger partial charge in [-0.15, -0.1) is 0 Å². The molecule has 0 aliphatic rings. The predicted molar refractivity (Wildman–Crippen MR) is 44.5 cm³/mol. The Morgan fingerprint density at radius 2 is 1.91 bits per heavy atom. The lowest BCUT2D eigenvalue weighted by molar-refractivity contribution is -0.125. The monoisotopic (exact) mass is 156 g/mol. The van der Waals surface area contributed by atoms with Crippen molar-refractivity contribution in [3.05, 3.63) is 13.5 Å². The normalized spacial score (nSPS) is 9.55. The van der Waals surface area contributed by atoms with Crippen molar-refractivity contribution in [2.24, 2.45) is 0 Å². The molecule has 11 heavy (non-hydrogen) atoms. The van der Waals surface area contributed by atoms with Crippen molar-refractivity contribution < 1.29 is 9.53 Å². The molecule has 0 bridgehead atoms. The maximum absolute atomic E-state index is 9.68. The third kappa shape index (κ3) is 9.47. The van der Waals surface area contributed by atoms with Gasteiger partial charge >= 0.3 is 0 Å². The zero-order chi connectivity index (χ0) is 8.36. The Bertz CT molecular complexity index is 81.6. The minimum Gasteiger partial charge on any atom is -0.461 e. The Kier molecular flexibility index (Phi) is 9.01. The van der Waals surface area contributed by atoms with E-state index in [1.807, 2.05) is 0 Å². The number of carbonyl (C=O) groups is 1. The van der Waals surface area contributed by atoms with E-state index in [0.717, 1.165) is 19.3 Å². The Labute approximate surface area is 68.9 Å². The van der Waals surface area contributed by atoms with Crippen molar-refractivity contribution >= 4 is 6.47 Å². The lowest BCUT2D eigenvalue weighted by Gasteiger charge is -1.97. The molecule has 0 aromatic rings. The van der Waals surface area contributed by atoms with E-state index in [0.29, 0.717) is 6.47 Å². The van der Waals surface area contributed by atoms with Crippen molar-refractivity contribution in [3.63, 3.8) is 0 Å². The van der Waals surface area contributed by atoms with Crippen molar-refractivity contribution in [1.82, 2.24) is 0 Å². The summed E-state index contributed by atoms with van der Waals surface area (Å²) >= 11 is 0. The van der Waals surface area contributed by atoms with E-state index in [-0.39, 0.29) is 0 Å². The van der Waals surface area contributed by atoms with Crippen LogP contribution in [0, 0.1) is 13.5 Å². The van der Waals surface area contributed by atoms with E-state index in [4.69, 9.17) is 0 Å². The summed E-state index contributed by atoms with van der Waals surface area (Å²) in [6.07, 6.45) is 6.64. The number of hydrogen-bond donors (Lipinski definition) is 0. The molecule has 0 aliphatic heterocycles. The molecule has 0 atom stereocenters. The summed E-state index contributed by atoms with van der Waals surface area (Å²) in [5, 5.41) is 0. The summed E-state index contributed by atoms with van der Waals surface area (Å²) in [6.45, 7) is 5.76. The highest BCUT2D eigenvalue weighted by molar-refractivity contribution is 5.37. The van der Waals surface area contributed by atoms with Crippen LogP contribution >= 0.6 is 0 Å². The highest BCUT2D eigenvalue weighted by Gasteiger charge is 1.89. The van der Waals surface area contributed by atoms with Crippen LogP contribution < -0.4 is 0 Å². The first-order chi connectivity index (χ1) is 5.41. The second-order valence-electron chi connectivity index (χ2n) is 2.46. The second-order valence-corrected chi connectivity index (χ2v) is 2.46. The molecule has 2 nitrogen and oxygen atoms in total. The second kappa shape index (κ2) is 9.47. The van der Waals surface area contributed by atoms with Gasteiger partial charge in [0.1, 0.15) is 6.61 Å². The number of carbonyl (C=O) groups excluding carboxylic acids is 1. The molecule has 0 aliphatic carbocycles. The quantitative estimate of drug-likeness (QED) is 0.398. The predicted octanol–water partition coefficient (Wildman–Crippen LogP) is 2.50. The van der Waals surface area contributed by atoms with Gasteiger partial charge in [-0.3, -0.25) is 4.79 Å². The van der Waals surface area contributed by atoms with Crippen LogP contribution in [-0.2, 0) is 9.53 Å². The minimum atomic E-state index is 0.454. The first-order valence-electron chi connectivity index (χ1n) is 4.12. The molecule has 64 valence electrons. The summed E-state index contributed by atoms with van der Waals surface area (Å²) in [4.78, 5) is 9.68. The summed E-state index contributed by atoms with van der Waals surface area (Å²) in [6, 6.07) is 0. The van der Waals surface area contributed by atoms with Crippen molar-refractivity contribution in [3.8, 4) is 0 Å². The van der Waals surface area contributed by atoms with Crippen molar-refractivity contribution in [1.29, 1.82) is 0 Å². The van der Waals surface area contributed by atoms with Crippen LogP contribution in [0.1, 0.15) is 38.5 Å². The molecular weight excluding hydrogens is 140 g/mol. The SMILES string of the molecule is [CH2]CCCCCC[CH]OC=O. The fourth-order valence-electron chi connectivity index (χ4n) is 0.865. The van der Waals surface area contributed by atoms with Gasteiger partial charge in [-0.25, -0.2) is 0 Å². The molecule has 2 radical (unpaired) electrons. The van der Waals surface area contributed by atoms with Crippen LogP contribution in [-0.4, -0.2) is 6.47 Å². The molecule has 0 spiro atoms. The fraction of sp³-hybridized carbons (Fsp3) is 0.667. The van der Waals surface area contributed by atoms with Gasteiger partial charge in [0, 0.05) is 0 Å². The Balaban J connectivity index is 2.74. The number of unbranched alkanes of at least 4 members (excludes halogenated alkanes) is 5. The first-order valence-corrected chi connectivity index (χ1v) is 4.12. The third-order valence-electron chi connectivity index (χ3n) is 1.47. The Morgan fingerprint density at radius 1 is 1.18 bits per heavy atom. The third-order valence-corrected chi connectivity index (χ3v) is 1.47. The van der Waals surface area contributed by atoms with Crippen molar-refractivity contribution in [2.45, 2.75) is 38.5 Å². The van der Waals surface area contributed by atoms with Crippen LogP contribution in [0.5, 0.6) is 0 Å². The van der Waals surface area contributed by atoms with Gasteiger partial charge in [0.05, 0.1) is 0 Å². The van der Waals surface area contributed by atoms with E-state index >= 15 is 0 Å². The van der Waals surface area contributed by atoms with E-state index in [1.54, 1.807) is 6.61 Å². The molecule has 0 aromatic heterocycles. The van der Waals surface area contributed by atoms with Crippen LogP contribution in [0.15, 0.2) is 0 Å². The topological polar surface area (TPSA) is 26.3 Å². The zero-order valence-corrected chi connectivity index (χ0v) is 6.92. The van der Waals surface area contributed by atoms with E-state index in [1.165, 1.54) is 19.3 Å². The largest absolute Gasteiger partial charge is 0.461 e. The summed E-state index contributed by atoms with van der Waals surface area (Å²) < 4.78 is 4.42. The molecule has 0 rings (SSSR count). The highest BCUT2D eigenvalue weighted by atomic mass is 16.5. The average Bonchev–Trinajstić information content (AvgIpc) is 2.03. The summed E-state index contributed by atoms with van der Waals surface area (Å²) in [5.41, 5.74) is 0. The summed E-state index contributed by atoms with van der Waals surface area (Å²) in [7, 11) is 0. The van der Waals surface area contributed by atoms with E-state index in [2.05, 4.69) is 11.7 Å². The number of rotatable bonds is 8. The summed E-state index contributed by atoms with van der Waals surface area (Å²) in [5.74, 6) is 0. The van der Waals surface area contributed by atoms with E-state index < -0.39 is 0 Å². The van der Waals surface area contributed by atoms with Gasteiger partial charge in [0.2, 0.25) is 0 Å². The Morgan fingerprint density at radius 3 is 2.55 bits per heavy atom. The van der Waals surface area contributed by atoms with Crippen LogP contribution in [0.2, 0.25) is 0 Å².